The van der Waals surface area contributed by atoms with Crippen LogP contribution in [0.2, 0.25) is 5.02 Å². The van der Waals surface area contributed by atoms with Gasteiger partial charge < -0.3 is 10.2 Å². The number of carbonyl (C=O) groups excluding carboxylic acids is 2. The zero-order valence-electron chi connectivity index (χ0n) is 17.4. The first-order chi connectivity index (χ1) is 14.4. The van der Waals surface area contributed by atoms with E-state index in [1.807, 2.05) is 48.5 Å². The summed E-state index contributed by atoms with van der Waals surface area (Å²) in [6.07, 6.45) is 1.94. The monoisotopic (exact) mass is 510 g/mol. The lowest BCUT2D eigenvalue weighted by Gasteiger charge is -2.29. The smallest absolute Gasteiger partial charge is 0.242 e. The van der Waals surface area contributed by atoms with E-state index in [1.54, 1.807) is 11.8 Å². The molecule has 7 heteroatoms. The van der Waals surface area contributed by atoms with E-state index in [1.165, 1.54) is 11.8 Å². The maximum Gasteiger partial charge on any atom is 0.242 e. The molecular weight excluding hydrogens is 484 g/mol. The molecule has 4 nitrogen and oxygen atoms in total. The molecule has 0 spiro atoms. The summed E-state index contributed by atoms with van der Waals surface area (Å²) in [6, 6.07) is 14.9. The van der Waals surface area contributed by atoms with Gasteiger partial charge in [0.1, 0.15) is 6.04 Å². The average Bonchev–Trinajstić information content (AvgIpc) is 2.74. The van der Waals surface area contributed by atoms with E-state index >= 15 is 0 Å². The number of nitrogens with zero attached hydrogens (tertiary/aromatic N) is 1. The van der Waals surface area contributed by atoms with Crippen molar-refractivity contribution in [2.24, 2.45) is 0 Å². The van der Waals surface area contributed by atoms with Crippen LogP contribution in [-0.2, 0) is 21.9 Å². The highest BCUT2D eigenvalue weighted by atomic mass is 79.9. The van der Waals surface area contributed by atoms with E-state index < -0.39 is 6.04 Å². The third kappa shape index (κ3) is 8.32. The lowest BCUT2D eigenvalue weighted by atomic mass is 10.1. The summed E-state index contributed by atoms with van der Waals surface area (Å²) in [5.41, 5.74) is 2.10. The van der Waals surface area contributed by atoms with Crippen LogP contribution in [0.4, 0.5) is 0 Å². The van der Waals surface area contributed by atoms with Crippen LogP contribution in [0.15, 0.2) is 53.0 Å². The maximum atomic E-state index is 13.0. The molecule has 0 unspecified atom stereocenters. The van der Waals surface area contributed by atoms with Gasteiger partial charge in [0.15, 0.2) is 0 Å². The van der Waals surface area contributed by atoms with Crippen molar-refractivity contribution in [1.82, 2.24) is 10.2 Å². The molecule has 0 aliphatic rings. The van der Waals surface area contributed by atoms with Gasteiger partial charge in [-0.15, -0.1) is 11.8 Å². The molecule has 2 amide bonds. The Balaban J connectivity index is 2.02. The standard InChI is InChI=1S/C23H28BrClN2O2S/c1-3-4-13-26-23(29)17(2)27(14-18-5-9-20(24)10-6-18)22(28)16-30-15-19-7-11-21(25)12-8-19/h5-12,17H,3-4,13-16H2,1-2H3,(H,26,29)/t17-/m1/s1. The highest BCUT2D eigenvalue weighted by Crippen LogP contribution is 2.18. The van der Waals surface area contributed by atoms with Gasteiger partial charge in [-0.05, 0) is 48.7 Å². The first-order valence-electron chi connectivity index (χ1n) is 10.0. The largest absolute Gasteiger partial charge is 0.354 e. The molecule has 30 heavy (non-hydrogen) atoms. The molecule has 0 bridgehead atoms. The second kappa shape index (κ2) is 13.0. The molecule has 1 N–H and O–H groups in total. The molecule has 2 aromatic carbocycles. The van der Waals surface area contributed by atoms with E-state index in [0.717, 1.165) is 28.4 Å². The summed E-state index contributed by atoms with van der Waals surface area (Å²) in [6.45, 7) is 4.90. The van der Waals surface area contributed by atoms with E-state index in [2.05, 4.69) is 28.2 Å². The molecule has 0 aromatic heterocycles. The third-order valence-electron chi connectivity index (χ3n) is 4.67. The number of hydrogen-bond donors (Lipinski definition) is 1. The summed E-state index contributed by atoms with van der Waals surface area (Å²) in [5, 5.41) is 3.64. The molecule has 1 atom stereocenters. The van der Waals surface area contributed by atoms with Crippen LogP contribution in [0.25, 0.3) is 0 Å². The van der Waals surface area contributed by atoms with Crippen molar-refractivity contribution in [2.75, 3.05) is 12.3 Å². The maximum absolute atomic E-state index is 13.0. The Morgan fingerprint density at radius 3 is 2.37 bits per heavy atom. The van der Waals surface area contributed by atoms with Crippen LogP contribution in [0, 0.1) is 0 Å². The summed E-state index contributed by atoms with van der Waals surface area (Å²) in [5.74, 6) is 0.865. The fourth-order valence-electron chi connectivity index (χ4n) is 2.82. The second-order valence-corrected chi connectivity index (χ2v) is 9.43. The second-order valence-electron chi connectivity index (χ2n) is 7.09. The highest BCUT2D eigenvalue weighted by molar-refractivity contribution is 9.10. The van der Waals surface area contributed by atoms with Gasteiger partial charge in [-0.2, -0.15) is 0 Å². The van der Waals surface area contributed by atoms with Gasteiger partial charge in [-0.25, -0.2) is 0 Å². The quantitative estimate of drug-likeness (QED) is 0.396. The molecule has 0 heterocycles. The fraction of sp³-hybridized carbons (Fsp3) is 0.391. The SMILES string of the molecule is CCCCNC(=O)[C@@H](C)N(Cc1ccc(Br)cc1)C(=O)CSCc1ccc(Cl)cc1. The molecule has 0 saturated carbocycles. The number of unbranched alkanes of at least 4 members (excludes halogenated alkanes) is 1. The summed E-state index contributed by atoms with van der Waals surface area (Å²) in [7, 11) is 0. The van der Waals surface area contributed by atoms with Crippen LogP contribution >= 0.6 is 39.3 Å². The molecular formula is C23H28BrClN2O2S. The van der Waals surface area contributed by atoms with Crippen molar-refractivity contribution >= 4 is 51.1 Å². The van der Waals surface area contributed by atoms with E-state index in [4.69, 9.17) is 11.6 Å². The first-order valence-corrected chi connectivity index (χ1v) is 12.4. The van der Waals surface area contributed by atoms with Gasteiger partial charge in [0.2, 0.25) is 11.8 Å². The number of halogens is 2. The number of carbonyl (C=O) groups is 2. The number of amides is 2. The lowest BCUT2D eigenvalue weighted by Crippen LogP contribution is -2.48. The van der Waals surface area contributed by atoms with Crippen LogP contribution in [0.5, 0.6) is 0 Å². The molecule has 2 rings (SSSR count). The summed E-state index contributed by atoms with van der Waals surface area (Å²) >= 11 is 10.9. The number of hydrogen-bond acceptors (Lipinski definition) is 3. The van der Waals surface area contributed by atoms with Crippen LogP contribution in [-0.4, -0.2) is 35.1 Å². The van der Waals surface area contributed by atoms with Crippen molar-refractivity contribution in [1.29, 1.82) is 0 Å². The molecule has 0 radical (unpaired) electrons. The zero-order valence-corrected chi connectivity index (χ0v) is 20.5. The Hall–Kier alpha value is -1.50. The topological polar surface area (TPSA) is 49.4 Å². The summed E-state index contributed by atoms with van der Waals surface area (Å²) in [4.78, 5) is 27.3. The average molecular weight is 512 g/mol. The molecule has 0 saturated heterocycles. The van der Waals surface area contributed by atoms with E-state index in [0.29, 0.717) is 29.6 Å². The molecule has 0 aliphatic heterocycles. The van der Waals surface area contributed by atoms with Crippen molar-refractivity contribution in [2.45, 2.75) is 45.0 Å². The number of rotatable bonds is 11. The van der Waals surface area contributed by atoms with E-state index in [9.17, 15) is 9.59 Å². The van der Waals surface area contributed by atoms with E-state index in [-0.39, 0.29) is 11.8 Å². The fourth-order valence-corrected chi connectivity index (χ4v) is 4.09. The molecule has 162 valence electrons. The van der Waals surface area contributed by atoms with Gasteiger partial charge in [0.25, 0.3) is 0 Å². The first kappa shape index (κ1) is 24.8. The molecule has 2 aromatic rings. The number of benzene rings is 2. The van der Waals surface area contributed by atoms with Crippen LogP contribution < -0.4 is 5.32 Å². The summed E-state index contributed by atoms with van der Waals surface area (Å²) < 4.78 is 0.980. The normalized spacial score (nSPS) is 11.7. The number of thioether (sulfide) groups is 1. The number of nitrogens with one attached hydrogen (secondary N) is 1. The van der Waals surface area contributed by atoms with Gasteiger partial charge in [0, 0.05) is 28.3 Å². The van der Waals surface area contributed by atoms with Crippen molar-refractivity contribution in [3.63, 3.8) is 0 Å². The molecule has 0 aliphatic carbocycles. The Morgan fingerprint density at radius 2 is 1.73 bits per heavy atom. The lowest BCUT2D eigenvalue weighted by molar-refractivity contribution is -0.138. The minimum Gasteiger partial charge on any atom is -0.354 e. The Bertz CT molecular complexity index is 815. The van der Waals surface area contributed by atoms with Crippen LogP contribution in [0.3, 0.4) is 0 Å². The minimum atomic E-state index is -0.533. The predicted molar refractivity (Wildman–Crippen MR) is 130 cm³/mol. The van der Waals surface area contributed by atoms with Gasteiger partial charge >= 0.3 is 0 Å². The highest BCUT2D eigenvalue weighted by Gasteiger charge is 2.25. The third-order valence-corrected chi connectivity index (χ3v) is 6.44. The Kier molecular flexibility index (Phi) is 10.8. The molecule has 0 fully saturated rings. The minimum absolute atomic E-state index is 0.0463. The van der Waals surface area contributed by atoms with Gasteiger partial charge in [-0.1, -0.05) is 65.1 Å². The van der Waals surface area contributed by atoms with Gasteiger partial charge in [-0.3, -0.25) is 9.59 Å². The van der Waals surface area contributed by atoms with Gasteiger partial charge in [0.05, 0.1) is 5.75 Å². The van der Waals surface area contributed by atoms with Crippen molar-refractivity contribution < 1.29 is 9.59 Å². The Morgan fingerprint density at radius 1 is 1.10 bits per heavy atom. The van der Waals surface area contributed by atoms with Crippen molar-refractivity contribution in [3.8, 4) is 0 Å². The Labute approximate surface area is 196 Å². The van der Waals surface area contributed by atoms with Crippen molar-refractivity contribution in [3.05, 3.63) is 69.2 Å². The predicted octanol–water partition coefficient (Wildman–Crippen LogP) is 5.67. The zero-order chi connectivity index (χ0) is 21.9. The van der Waals surface area contributed by atoms with Crippen LogP contribution in [0.1, 0.15) is 37.8 Å².